The number of aromatic nitrogens is 5. The van der Waals surface area contributed by atoms with E-state index in [-0.39, 0.29) is 17.4 Å². The van der Waals surface area contributed by atoms with E-state index in [9.17, 15) is 13.6 Å². The SMILES string of the molecule is CC(C)n1ncnc1-c1ccc(Nc2cn(-c3c(F)cccc3F)nc2C(N)=O)cc1. The highest BCUT2D eigenvalue weighted by molar-refractivity contribution is 5.97. The van der Waals surface area contributed by atoms with E-state index in [1.54, 1.807) is 16.8 Å². The summed E-state index contributed by atoms with van der Waals surface area (Å²) in [5, 5.41) is 11.2. The highest BCUT2D eigenvalue weighted by atomic mass is 19.1. The number of nitrogens with two attached hydrogens (primary N) is 1. The second kappa shape index (κ2) is 7.98. The fourth-order valence-corrected chi connectivity index (χ4v) is 3.16. The molecule has 0 aliphatic rings. The van der Waals surface area contributed by atoms with Gasteiger partial charge in [0.15, 0.2) is 23.2 Å². The molecule has 10 heteroatoms. The van der Waals surface area contributed by atoms with Crippen molar-refractivity contribution < 1.29 is 13.6 Å². The molecule has 31 heavy (non-hydrogen) atoms. The molecule has 2 aromatic carbocycles. The maximum absolute atomic E-state index is 14.1. The molecule has 8 nitrogen and oxygen atoms in total. The van der Waals surface area contributed by atoms with Crippen molar-refractivity contribution in [2.24, 2.45) is 5.73 Å². The van der Waals surface area contributed by atoms with Crippen LogP contribution < -0.4 is 11.1 Å². The molecule has 0 radical (unpaired) electrons. The van der Waals surface area contributed by atoms with Crippen molar-refractivity contribution in [2.75, 3.05) is 5.32 Å². The lowest BCUT2D eigenvalue weighted by molar-refractivity contribution is 0.0996. The number of nitrogens with one attached hydrogen (secondary N) is 1. The lowest BCUT2D eigenvalue weighted by atomic mass is 10.2. The molecule has 158 valence electrons. The molecule has 0 atom stereocenters. The van der Waals surface area contributed by atoms with Crippen molar-refractivity contribution in [3.63, 3.8) is 0 Å². The van der Waals surface area contributed by atoms with E-state index in [4.69, 9.17) is 5.73 Å². The van der Waals surface area contributed by atoms with E-state index in [0.717, 1.165) is 28.2 Å². The summed E-state index contributed by atoms with van der Waals surface area (Å²) in [5.41, 5.74) is 6.55. The molecule has 4 aromatic rings. The Balaban J connectivity index is 1.66. The second-order valence-corrected chi connectivity index (χ2v) is 7.09. The first kappa shape index (κ1) is 20.2. The van der Waals surface area contributed by atoms with E-state index in [0.29, 0.717) is 5.69 Å². The molecule has 2 heterocycles. The van der Waals surface area contributed by atoms with Crippen LogP contribution in [0.2, 0.25) is 0 Å². The Morgan fingerprint density at radius 2 is 1.77 bits per heavy atom. The zero-order chi connectivity index (χ0) is 22.1. The van der Waals surface area contributed by atoms with Gasteiger partial charge in [-0.05, 0) is 50.2 Å². The van der Waals surface area contributed by atoms with Gasteiger partial charge in [-0.15, -0.1) is 0 Å². The minimum Gasteiger partial charge on any atom is -0.364 e. The van der Waals surface area contributed by atoms with E-state index in [1.165, 1.54) is 18.6 Å². The van der Waals surface area contributed by atoms with Gasteiger partial charge in [0.1, 0.15) is 12.0 Å². The number of amides is 1. The van der Waals surface area contributed by atoms with E-state index < -0.39 is 23.2 Å². The number of carbonyl (C=O) groups is 1. The van der Waals surface area contributed by atoms with Crippen LogP contribution in [0, 0.1) is 11.6 Å². The van der Waals surface area contributed by atoms with Gasteiger partial charge in [0.05, 0.1) is 11.9 Å². The van der Waals surface area contributed by atoms with Gasteiger partial charge in [0.2, 0.25) is 0 Å². The summed E-state index contributed by atoms with van der Waals surface area (Å²) in [5.74, 6) is -1.74. The molecule has 0 aliphatic heterocycles. The van der Waals surface area contributed by atoms with Crippen molar-refractivity contribution in [2.45, 2.75) is 19.9 Å². The largest absolute Gasteiger partial charge is 0.364 e. The third kappa shape index (κ3) is 3.87. The molecule has 0 unspecified atom stereocenters. The first-order chi connectivity index (χ1) is 14.8. The Morgan fingerprint density at radius 3 is 2.39 bits per heavy atom. The van der Waals surface area contributed by atoms with Crippen LogP contribution in [0.15, 0.2) is 55.0 Å². The Labute approximate surface area is 176 Å². The number of anilines is 2. The van der Waals surface area contributed by atoms with Crippen LogP contribution in [0.5, 0.6) is 0 Å². The topological polar surface area (TPSA) is 104 Å². The highest BCUT2D eigenvalue weighted by Crippen LogP contribution is 2.26. The number of nitrogens with zero attached hydrogens (tertiary/aromatic N) is 5. The third-order valence-corrected chi connectivity index (χ3v) is 4.60. The number of rotatable bonds is 6. The van der Waals surface area contributed by atoms with Gasteiger partial charge in [-0.3, -0.25) is 4.79 Å². The molecule has 3 N–H and O–H groups in total. The number of halogens is 2. The zero-order valence-electron chi connectivity index (χ0n) is 16.8. The average molecular weight is 423 g/mol. The van der Waals surface area contributed by atoms with Gasteiger partial charge in [0, 0.05) is 17.3 Å². The van der Waals surface area contributed by atoms with Crippen LogP contribution >= 0.6 is 0 Å². The molecule has 0 aliphatic carbocycles. The van der Waals surface area contributed by atoms with Crippen LogP contribution in [-0.2, 0) is 0 Å². The average Bonchev–Trinajstić information content (AvgIpc) is 3.36. The normalized spacial score (nSPS) is 11.1. The summed E-state index contributed by atoms with van der Waals surface area (Å²) in [7, 11) is 0. The van der Waals surface area contributed by atoms with E-state index >= 15 is 0 Å². The molecule has 0 bridgehead atoms. The maximum Gasteiger partial charge on any atom is 0.271 e. The van der Waals surface area contributed by atoms with Gasteiger partial charge in [0.25, 0.3) is 5.91 Å². The Hall–Kier alpha value is -4.08. The van der Waals surface area contributed by atoms with Crippen molar-refractivity contribution in [1.82, 2.24) is 24.5 Å². The Kier molecular flexibility index (Phi) is 5.20. The van der Waals surface area contributed by atoms with Crippen molar-refractivity contribution in [1.29, 1.82) is 0 Å². The van der Waals surface area contributed by atoms with Gasteiger partial charge in [-0.25, -0.2) is 23.1 Å². The molecule has 4 rings (SSSR count). The zero-order valence-corrected chi connectivity index (χ0v) is 16.8. The van der Waals surface area contributed by atoms with Crippen LogP contribution in [0.25, 0.3) is 17.1 Å². The number of primary amides is 1. The first-order valence-corrected chi connectivity index (χ1v) is 9.46. The molecule has 1 amide bonds. The number of para-hydroxylation sites is 1. The molecule has 0 spiro atoms. The number of hydrogen-bond acceptors (Lipinski definition) is 5. The summed E-state index contributed by atoms with van der Waals surface area (Å²) in [6, 6.07) is 10.8. The predicted molar refractivity (Wildman–Crippen MR) is 111 cm³/mol. The summed E-state index contributed by atoms with van der Waals surface area (Å²) < 4.78 is 31.0. The van der Waals surface area contributed by atoms with Crippen molar-refractivity contribution in [3.8, 4) is 17.1 Å². The van der Waals surface area contributed by atoms with E-state index in [1.807, 2.05) is 26.0 Å². The molecule has 2 aromatic heterocycles. The van der Waals surface area contributed by atoms with Crippen LogP contribution in [-0.4, -0.2) is 30.5 Å². The fraction of sp³-hybridized carbons (Fsp3) is 0.143. The number of hydrogen-bond donors (Lipinski definition) is 2. The molecule has 0 saturated heterocycles. The monoisotopic (exact) mass is 423 g/mol. The quantitative estimate of drug-likeness (QED) is 0.491. The van der Waals surface area contributed by atoms with Gasteiger partial charge < -0.3 is 11.1 Å². The van der Waals surface area contributed by atoms with Crippen LogP contribution in [0.3, 0.4) is 0 Å². The van der Waals surface area contributed by atoms with Gasteiger partial charge in [-0.1, -0.05) is 6.07 Å². The van der Waals surface area contributed by atoms with Crippen molar-refractivity contribution in [3.05, 3.63) is 72.3 Å². The molecule has 0 saturated carbocycles. The smallest absolute Gasteiger partial charge is 0.271 e. The molecule has 0 fully saturated rings. The molecular formula is C21H19F2N7O. The summed E-state index contributed by atoms with van der Waals surface area (Å²) in [4.78, 5) is 16.1. The fourth-order valence-electron chi connectivity index (χ4n) is 3.16. The number of carbonyl (C=O) groups excluding carboxylic acids is 1. The minimum atomic E-state index is -0.834. The predicted octanol–water partition coefficient (Wildman–Crippen LogP) is 3.83. The maximum atomic E-state index is 14.1. The lowest BCUT2D eigenvalue weighted by Gasteiger charge is -2.10. The standard InChI is InChI=1S/C21H19F2N7O/c1-12(2)30-21(25-11-26-30)13-6-8-14(9-7-13)27-17-10-29(28-18(17)20(24)31)19-15(22)4-3-5-16(19)23/h3-12,27H,1-2H3,(H2,24,31). The summed E-state index contributed by atoms with van der Waals surface area (Å²) >= 11 is 0. The lowest BCUT2D eigenvalue weighted by Crippen LogP contribution is -2.14. The minimum absolute atomic E-state index is 0.147. The summed E-state index contributed by atoms with van der Waals surface area (Å²) in [6.45, 7) is 4.02. The number of benzene rings is 2. The van der Waals surface area contributed by atoms with Crippen molar-refractivity contribution >= 4 is 17.3 Å². The second-order valence-electron chi connectivity index (χ2n) is 7.09. The van der Waals surface area contributed by atoms with Crippen LogP contribution in [0.4, 0.5) is 20.2 Å². The third-order valence-electron chi connectivity index (χ3n) is 4.60. The molecular weight excluding hydrogens is 404 g/mol. The van der Waals surface area contributed by atoms with Crippen LogP contribution in [0.1, 0.15) is 30.4 Å². The highest BCUT2D eigenvalue weighted by Gasteiger charge is 2.19. The Bertz CT molecular complexity index is 1220. The first-order valence-electron chi connectivity index (χ1n) is 9.46. The Morgan fingerprint density at radius 1 is 1.10 bits per heavy atom. The van der Waals surface area contributed by atoms with Gasteiger partial charge >= 0.3 is 0 Å². The summed E-state index contributed by atoms with van der Waals surface area (Å²) in [6.07, 6.45) is 2.81. The van der Waals surface area contributed by atoms with E-state index in [2.05, 4.69) is 20.5 Å². The van der Waals surface area contributed by atoms with Gasteiger partial charge in [-0.2, -0.15) is 10.2 Å².